The van der Waals surface area contributed by atoms with Crippen LogP contribution in [0.25, 0.3) is 10.9 Å². The largest absolute Gasteiger partial charge is 0.492 e. The van der Waals surface area contributed by atoms with Crippen molar-refractivity contribution in [1.82, 2.24) is 4.98 Å². The summed E-state index contributed by atoms with van der Waals surface area (Å²) in [5.74, 6) is 0.579. The standard InChI is InChI=1S/C12H14N2O3S/c1-18(15,16)8-7-17-11-5-4-10(13)12-9(11)3-2-6-14-12/h2-6H,7-8,13H2,1H3. The number of hydrogen-bond donors (Lipinski definition) is 1. The number of ether oxygens (including phenoxy) is 1. The van der Waals surface area contributed by atoms with Gasteiger partial charge in [-0.25, -0.2) is 8.42 Å². The van der Waals surface area contributed by atoms with Crippen LogP contribution in [0.3, 0.4) is 0 Å². The van der Waals surface area contributed by atoms with E-state index in [1.807, 2.05) is 6.07 Å². The highest BCUT2D eigenvalue weighted by Crippen LogP contribution is 2.28. The van der Waals surface area contributed by atoms with Gasteiger partial charge in [0.05, 0.1) is 17.0 Å². The van der Waals surface area contributed by atoms with E-state index in [0.717, 1.165) is 5.39 Å². The molecule has 1 aromatic carbocycles. The molecule has 0 fully saturated rings. The fraction of sp³-hybridized carbons (Fsp3) is 0.250. The molecule has 2 N–H and O–H groups in total. The second kappa shape index (κ2) is 4.81. The number of nitrogens with zero attached hydrogens (tertiary/aromatic N) is 1. The van der Waals surface area contributed by atoms with Gasteiger partial charge >= 0.3 is 0 Å². The average Bonchev–Trinajstić information content (AvgIpc) is 2.31. The number of fused-ring (bicyclic) bond motifs is 1. The summed E-state index contributed by atoms with van der Waals surface area (Å²) in [6, 6.07) is 7.05. The molecule has 6 heteroatoms. The first-order valence-electron chi connectivity index (χ1n) is 5.41. The van der Waals surface area contributed by atoms with E-state index < -0.39 is 9.84 Å². The highest BCUT2D eigenvalue weighted by Gasteiger charge is 2.07. The van der Waals surface area contributed by atoms with Gasteiger partial charge in [0.15, 0.2) is 9.84 Å². The highest BCUT2D eigenvalue weighted by atomic mass is 32.2. The zero-order valence-corrected chi connectivity index (χ0v) is 10.8. The van der Waals surface area contributed by atoms with Crippen LogP contribution in [0.5, 0.6) is 5.75 Å². The fourth-order valence-corrected chi connectivity index (χ4v) is 1.98. The number of nitrogen functional groups attached to an aromatic ring is 1. The fourth-order valence-electron chi connectivity index (χ4n) is 1.60. The maximum absolute atomic E-state index is 11.0. The number of sulfone groups is 1. The third kappa shape index (κ3) is 2.89. The molecule has 0 saturated heterocycles. The molecule has 18 heavy (non-hydrogen) atoms. The van der Waals surface area contributed by atoms with Crippen molar-refractivity contribution in [2.45, 2.75) is 0 Å². The summed E-state index contributed by atoms with van der Waals surface area (Å²) in [4.78, 5) is 4.17. The monoisotopic (exact) mass is 266 g/mol. The van der Waals surface area contributed by atoms with Crippen LogP contribution in [0.4, 0.5) is 5.69 Å². The summed E-state index contributed by atoms with van der Waals surface area (Å²) >= 11 is 0. The zero-order chi connectivity index (χ0) is 13.2. The molecule has 0 aliphatic carbocycles. The number of pyridine rings is 1. The van der Waals surface area contributed by atoms with Gasteiger partial charge in [0.1, 0.15) is 12.4 Å². The Balaban J connectivity index is 2.26. The van der Waals surface area contributed by atoms with Gasteiger partial charge in [0.2, 0.25) is 0 Å². The molecule has 0 atom stereocenters. The smallest absolute Gasteiger partial charge is 0.150 e. The van der Waals surface area contributed by atoms with Gasteiger partial charge in [0.25, 0.3) is 0 Å². The predicted molar refractivity (Wildman–Crippen MR) is 71.4 cm³/mol. The summed E-state index contributed by atoms with van der Waals surface area (Å²) in [5, 5.41) is 0.783. The molecule has 0 saturated carbocycles. The number of anilines is 1. The summed E-state index contributed by atoms with van der Waals surface area (Å²) in [6.07, 6.45) is 2.83. The minimum absolute atomic E-state index is 0.0148. The Morgan fingerprint density at radius 3 is 2.83 bits per heavy atom. The number of aromatic nitrogens is 1. The van der Waals surface area contributed by atoms with Crippen LogP contribution >= 0.6 is 0 Å². The zero-order valence-electron chi connectivity index (χ0n) is 9.96. The molecule has 1 aromatic heterocycles. The van der Waals surface area contributed by atoms with Crippen LogP contribution < -0.4 is 10.5 Å². The first kappa shape index (κ1) is 12.6. The molecular formula is C12H14N2O3S. The van der Waals surface area contributed by atoms with Gasteiger partial charge in [0, 0.05) is 17.8 Å². The lowest BCUT2D eigenvalue weighted by atomic mass is 10.2. The first-order chi connectivity index (χ1) is 8.47. The van der Waals surface area contributed by atoms with Crippen LogP contribution in [0, 0.1) is 0 Å². The maximum Gasteiger partial charge on any atom is 0.150 e. The Hall–Kier alpha value is -1.82. The number of benzene rings is 1. The maximum atomic E-state index is 11.0. The van der Waals surface area contributed by atoms with Crippen molar-refractivity contribution >= 4 is 26.4 Å². The summed E-state index contributed by atoms with van der Waals surface area (Å²) in [5.41, 5.74) is 7.04. The van der Waals surface area contributed by atoms with Crippen molar-refractivity contribution in [2.24, 2.45) is 0 Å². The molecular weight excluding hydrogens is 252 g/mol. The topological polar surface area (TPSA) is 82.3 Å². The molecule has 0 unspecified atom stereocenters. The van der Waals surface area contributed by atoms with Gasteiger partial charge < -0.3 is 10.5 Å². The van der Waals surface area contributed by atoms with Crippen molar-refractivity contribution in [3.63, 3.8) is 0 Å². The van der Waals surface area contributed by atoms with Crippen LogP contribution in [0.1, 0.15) is 0 Å². The Morgan fingerprint density at radius 1 is 1.33 bits per heavy atom. The molecule has 0 aliphatic rings. The van der Waals surface area contributed by atoms with Crippen LogP contribution in [-0.4, -0.2) is 32.0 Å². The second-order valence-electron chi connectivity index (χ2n) is 4.03. The van der Waals surface area contributed by atoms with E-state index in [-0.39, 0.29) is 12.4 Å². The van der Waals surface area contributed by atoms with Gasteiger partial charge in [-0.2, -0.15) is 0 Å². The van der Waals surface area contributed by atoms with Crippen molar-refractivity contribution < 1.29 is 13.2 Å². The first-order valence-corrected chi connectivity index (χ1v) is 7.47. The second-order valence-corrected chi connectivity index (χ2v) is 6.29. The molecule has 2 rings (SSSR count). The molecule has 96 valence electrons. The van der Waals surface area contributed by atoms with E-state index in [2.05, 4.69) is 4.98 Å². The van der Waals surface area contributed by atoms with E-state index in [9.17, 15) is 8.42 Å². The van der Waals surface area contributed by atoms with E-state index in [4.69, 9.17) is 10.5 Å². The molecule has 5 nitrogen and oxygen atoms in total. The van der Waals surface area contributed by atoms with Crippen LogP contribution in [0.15, 0.2) is 30.5 Å². The van der Waals surface area contributed by atoms with Crippen LogP contribution in [0.2, 0.25) is 0 Å². The number of hydrogen-bond acceptors (Lipinski definition) is 5. The summed E-state index contributed by atoms with van der Waals surface area (Å²) in [7, 11) is -3.02. The molecule has 0 bridgehead atoms. The molecule has 0 amide bonds. The molecule has 2 aromatic rings. The third-order valence-electron chi connectivity index (χ3n) is 2.47. The quantitative estimate of drug-likeness (QED) is 0.842. The van der Waals surface area contributed by atoms with Gasteiger partial charge in [-0.3, -0.25) is 4.98 Å². The Morgan fingerprint density at radius 2 is 2.11 bits per heavy atom. The average molecular weight is 266 g/mol. The Bertz CT molecular complexity index is 668. The van der Waals surface area contributed by atoms with E-state index in [1.165, 1.54) is 6.26 Å². The summed E-state index contributed by atoms with van der Waals surface area (Å²) < 4.78 is 27.5. The molecule has 0 radical (unpaired) electrons. The van der Waals surface area contributed by atoms with E-state index in [0.29, 0.717) is 17.0 Å². The van der Waals surface area contributed by atoms with Crippen molar-refractivity contribution in [3.05, 3.63) is 30.5 Å². The molecule has 0 aliphatic heterocycles. The minimum atomic E-state index is -3.02. The minimum Gasteiger partial charge on any atom is -0.492 e. The number of rotatable bonds is 4. The van der Waals surface area contributed by atoms with Gasteiger partial charge in [-0.1, -0.05) is 0 Å². The van der Waals surface area contributed by atoms with Crippen molar-refractivity contribution in [3.8, 4) is 5.75 Å². The normalized spacial score (nSPS) is 11.6. The van der Waals surface area contributed by atoms with E-state index in [1.54, 1.807) is 24.4 Å². The molecule has 0 spiro atoms. The number of nitrogens with two attached hydrogens (primary N) is 1. The predicted octanol–water partition coefficient (Wildman–Crippen LogP) is 1.24. The lowest BCUT2D eigenvalue weighted by molar-refractivity contribution is 0.345. The van der Waals surface area contributed by atoms with E-state index >= 15 is 0 Å². The SMILES string of the molecule is CS(=O)(=O)CCOc1ccc(N)c2ncccc12. The van der Waals surface area contributed by atoms with Crippen molar-refractivity contribution in [1.29, 1.82) is 0 Å². The van der Waals surface area contributed by atoms with Gasteiger partial charge in [-0.05, 0) is 24.3 Å². The Kier molecular flexibility index (Phi) is 3.38. The highest BCUT2D eigenvalue weighted by molar-refractivity contribution is 7.90. The summed E-state index contributed by atoms with van der Waals surface area (Å²) in [6.45, 7) is 0.118. The van der Waals surface area contributed by atoms with Gasteiger partial charge in [-0.15, -0.1) is 0 Å². The third-order valence-corrected chi connectivity index (χ3v) is 3.38. The Labute approximate surface area is 106 Å². The lowest BCUT2D eigenvalue weighted by Gasteiger charge is -2.09. The van der Waals surface area contributed by atoms with Crippen molar-refractivity contribution in [2.75, 3.05) is 24.3 Å². The lowest BCUT2D eigenvalue weighted by Crippen LogP contribution is -2.12. The van der Waals surface area contributed by atoms with Crippen LogP contribution in [-0.2, 0) is 9.84 Å². The molecule has 1 heterocycles.